The van der Waals surface area contributed by atoms with Crippen molar-refractivity contribution in [1.82, 2.24) is 19.4 Å². The maximum Gasteiger partial charge on any atom is 0.261 e. The standard InChI is InChI=1S/C20H26N4O4/c25-13-16-11-23(10-15(16)9-22-5-7-28-8-6-22)19(26)12-24-14-21-18-4-2-1-3-17(18)20(24)27/h1-4,14-16,25H,5-13H2/t15-,16-/m1/s1. The molecule has 1 aromatic carbocycles. The lowest BCUT2D eigenvalue weighted by atomic mass is 9.96. The molecule has 1 N–H and O–H groups in total. The Labute approximate surface area is 163 Å². The van der Waals surface area contributed by atoms with Gasteiger partial charge in [-0.1, -0.05) is 12.1 Å². The molecule has 4 rings (SSSR count). The number of amides is 1. The van der Waals surface area contributed by atoms with Crippen LogP contribution in [0.25, 0.3) is 10.9 Å². The summed E-state index contributed by atoms with van der Waals surface area (Å²) in [4.78, 5) is 33.8. The Balaban J connectivity index is 1.43. The van der Waals surface area contributed by atoms with Gasteiger partial charge in [-0.05, 0) is 18.1 Å². The Bertz CT molecular complexity index is 893. The Morgan fingerprint density at radius 3 is 2.71 bits per heavy atom. The Morgan fingerprint density at radius 2 is 1.93 bits per heavy atom. The van der Waals surface area contributed by atoms with Gasteiger partial charge in [-0.3, -0.25) is 19.1 Å². The lowest BCUT2D eigenvalue weighted by Gasteiger charge is -2.30. The summed E-state index contributed by atoms with van der Waals surface area (Å²) in [7, 11) is 0. The molecule has 28 heavy (non-hydrogen) atoms. The normalized spacial score (nSPS) is 23.4. The van der Waals surface area contributed by atoms with Crippen LogP contribution in [0.2, 0.25) is 0 Å². The summed E-state index contributed by atoms with van der Waals surface area (Å²) >= 11 is 0. The first-order valence-electron chi connectivity index (χ1n) is 9.78. The van der Waals surface area contributed by atoms with Gasteiger partial charge in [-0.2, -0.15) is 0 Å². The second-order valence-corrected chi connectivity index (χ2v) is 7.61. The molecule has 2 saturated heterocycles. The SMILES string of the molecule is O=C(Cn1cnc2ccccc2c1=O)N1C[C@@H](CN2CCOCC2)[C@@H](CO)C1. The molecule has 0 saturated carbocycles. The van der Waals surface area contributed by atoms with Gasteiger partial charge in [-0.25, -0.2) is 4.98 Å². The molecule has 2 fully saturated rings. The molecule has 2 atom stereocenters. The van der Waals surface area contributed by atoms with E-state index in [0.29, 0.717) is 24.0 Å². The molecule has 2 aliphatic rings. The number of carbonyl (C=O) groups excluding carboxylic acids is 1. The van der Waals surface area contributed by atoms with Gasteiger partial charge >= 0.3 is 0 Å². The molecular weight excluding hydrogens is 360 g/mol. The fourth-order valence-corrected chi connectivity index (χ4v) is 4.14. The third-order valence-electron chi connectivity index (χ3n) is 5.80. The molecule has 8 nitrogen and oxygen atoms in total. The zero-order valence-electron chi connectivity index (χ0n) is 15.9. The van der Waals surface area contributed by atoms with Gasteiger partial charge in [-0.15, -0.1) is 0 Å². The van der Waals surface area contributed by atoms with Crippen LogP contribution in [0.5, 0.6) is 0 Å². The lowest BCUT2D eigenvalue weighted by Crippen LogP contribution is -2.41. The van der Waals surface area contributed by atoms with Gasteiger partial charge in [0.05, 0.1) is 30.4 Å². The van der Waals surface area contributed by atoms with Crippen molar-refractivity contribution >= 4 is 16.8 Å². The molecule has 2 aliphatic heterocycles. The number of benzene rings is 1. The van der Waals surface area contributed by atoms with Crippen LogP contribution < -0.4 is 5.56 Å². The number of ether oxygens (including phenoxy) is 1. The fourth-order valence-electron chi connectivity index (χ4n) is 4.14. The molecule has 2 aromatic rings. The van der Waals surface area contributed by atoms with Crippen LogP contribution in [-0.4, -0.2) is 82.9 Å². The summed E-state index contributed by atoms with van der Waals surface area (Å²) < 4.78 is 6.76. The van der Waals surface area contributed by atoms with E-state index in [4.69, 9.17) is 4.74 Å². The van der Waals surface area contributed by atoms with Gasteiger partial charge < -0.3 is 14.7 Å². The van der Waals surface area contributed by atoms with E-state index in [1.54, 1.807) is 23.1 Å². The molecule has 1 aromatic heterocycles. The van der Waals surface area contributed by atoms with Crippen LogP contribution in [0.15, 0.2) is 35.4 Å². The van der Waals surface area contributed by atoms with Gasteiger partial charge in [0.1, 0.15) is 6.54 Å². The second kappa shape index (κ2) is 8.38. The Hall–Kier alpha value is -2.29. The van der Waals surface area contributed by atoms with Crippen molar-refractivity contribution in [3.05, 3.63) is 40.9 Å². The smallest absolute Gasteiger partial charge is 0.261 e. The highest BCUT2D eigenvalue weighted by molar-refractivity contribution is 5.79. The topological polar surface area (TPSA) is 87.9 Å². The number of carbonyl (C=O) groups is 1. The number of para-hydroxylation sites is 1. The number of likely N-dealkylation sites (tertiary alicyclic amines) is 1. The maximum atomic E-state index is 12.8. The summed E-state index contributed by atoms with van der Waals surface area (Å²) in [5.74, 6) is 0.193. The first kappa shape index (κ1) is 19.0. The first-order valence-corrected chi connectivity index (χ1v) is 9.78. The van der Waals surface area contributed by atoms with Crippen LogP contribution in [0.4, 0.5) is 0 Å². The minimum Gasteiger partial charge on any atom is -0.396 e. The van der Waals surface area contributed by atoms with E-state index in [-0.39, 0.29) is 36.5 Å². The number of nitrogens with zero attached hydrogens (tertiary/aromatic N) is 4. The van der Waals surface area contributed by atoms with E-state index < -0.39 is 0 Å². The zero-order chi connectivity index (χ0) is 19.5. The minimum absolute atomic E-state index is 0.0287. The summed E-state index contributed by atoms with van der Waals surface area (Å²) in [6, 6.07) is 7.13. The lowest BCUT2D eigenvalue weighted by molar-refractivity contribution is -0.131. The monoisotopic (exact) mass is 386 g/mol. The molecular formula is C20H26N4O4. The van der Waals surface area contributed by atoms with Crippen LogP contribution in [0.3, 0.4) is 0 Å². The van der Waals surface area contributed by atoms with Crippen molar-refractivity contribution in [3.8, 4) is 0 Å². The summed E-state index contributed by atoms with van der Waals surface area (Å²) in [6.07, 6.45) is 1.44. The largest absolute Gasteiger partial charge is 0.396 e. The minimum atomic E-state index is -0.207. The van der Waals surface area contributed by atoms with E-state index >= 15 is 0 Å². The number of hydrogen-bond donors (Lipinski definition) is 1. The molecule has 1 amide bonds. The number of fused-ring (bicyclic) bond motifs is 1. The summed E-state index contributed by atoms with van der Waals surface area (Å²) in [5.41, 5.74) is 0.421. The van der Waals surface area contributed by atoms with Crippen molar-refractivity contribution in [2.75, 3.05) is 52.5 Å². The van der Waals surface area contributed by atoms with Crippen LogP contribution >= 0.6 is 0 Å². The fraction of sp³-hybridized carbons (Fsp3) is 0.550. The Morgan fingerprint density at radius 1 is 1.18 bits per heavy atom. The molecule has 0 spiro atoms. The molecule has 150 valence electrons. The van der Waals surface area contributed by atoms with Crippen molar-refractivity contribution < 1.29 is 14.6 Å². The highest BCUT2D eigenvalue weighted by Gasteiger charge is 2.36. The third-order valence-corrected chi connectivity index (χ3v) is 5.80. The van der Waals surface area contributed by atoms with Crippen molar-refractivity contribution in [2.24, 2.45) is 11.8 Å². The molecule has 3 heterocycles. The Kier molecular flexibility index (Phi) is 5.70. The van der Waals surface area contributed by atoms with Crippen LogP contribution in [0, 0.1) is 11.8 Å². The number of hydrogen-bond acceptors (Lipinski definition) is 6. The zero-order valence-corrected chi connectivity index (χ0v) is 15.9. The predicted octanol–water partition coefficient (Wildman–Crippen LogP) is -0.204. The molecule has 0 unspecified atom stereocenters. The van der Waals surface area contributed by atoms with Crippen molar-refractivity contribution in [3.63, 3.8) is 0 Å². The van der Waals surface area contributed by atoms with Gasteiger partial charge in [0.25, 0.3) is 5.56 Å². The molecule has 0 aliphatic carbocycles. The van der Waals surface area contributed by atoms with Crippen LogP contribution in [0.1, 0.15) is 0 Å². The predicted molar refractivity (Wildman–Crippen MR) is 104 cm³/mol. The number of rotatable bonds is 5. The summed E-state index contributed by atoms with van der Waals surface area (Å²) in [5, 5.41) is 10.3. The van der Waals surface area contributed by atoms with Gasteiger partial charge in [0.2, 0.25) is 5.91 Å². The average Bonchev–Trinajstić information content (AvgIpc) is 3.14. The highest BCUT2D eigenvalue weighted by atomic mass is 16.5. The molecule has 8 heteroatoms. The van der Waals surface area contributed by atoms with E-state index in [2.05, 4.69) is 9.88 Å². The summed E-state index contributed by atoms with van der Waals surface area (Å²) in [6.45, 7) is 5.28. The highest BCUT2D eigenvalue weighted by Crippen LogP contribution is 2.24. The maximum absolute atomic E-state index is 12.8. The van der Waals surface area contributed by atoms with Crippen molar-refractivity contribution in [2.45, 2.75) is 6.54 Å². The van der Waals surface area contributed by atoms with E-state index in [1.807, 2.05) is 6.07 Å². The van der Waals surface area contributed by atoms with Crippen molar-refractivity contribution in [1.29, 1.82) is 0 Å². The first-order chi connectivity index (χ1) is 13.7. The van der Waals surface area contributed by atoms with Gasteiger partial charge in [0, 0.05) is 45.2 Å². The number of aliphatic hydroxyl groups excluding tert-OH is 1. The third kappa shape index (κ3) is 3.94. The van der Waals surface area contributed by atoms with E-state index in [0.717, 1.165) is 32.8 Å². The number of morpholine rings is 1. The van der Waals surface area contributed by atoms with E-state index in [1.165, 1.54) is 10.9 Å². The van der Waals surface area contributed by atoms with E-state index in [9.17, 15) is 14.7 Å². The second-order valence-electron chi connectivity index (χ2n) is 7.61. The molecule has 0 radical (unpaired) electrons. The van der Waals surface area contributed by atoms with Crippen LogP contribution in [-0.2, 0) is 16.1 Å². The quantitative estimate of drug-likeness (QED) is 0.766. The average molecular weight is 386 g/mol. The van der Waals surface area contributed by atoms with Gasteiger partial charge in [0.15, 0.2) is 0 Å². The molecule has 0 bridgehead atoms. The number of aliphatic hydroxyl groups is 1. The number of aromatic nitrogens is 2.